The predicted molar refractivity (Wildman–Crippen MR) is 70.1 cm³/mol. The average molecular weight is 253 g/mol. The van der Waals surface area contributed by atoms with E-state index in [9.17, 15) is 10.1 Å². The lowest BCUT2D eigenvalue weighted by Gasteiger charge is -2.16. The van der Waals surface area contributed by atoms with Gasteiger partial charge in [-0.1, -0.05) is 20.3 Å². The lowest BCUT2D eigenvalue weighted by molar-refractivity contribution is -0.384. The normalized spacial score (nSPS) is 11.9. The number of aromatic nitrogens is 1. The van der Waals surface area contributed by atoms with Crippen molar-refractivity contribution in [2.24, 2.45) is 0 Å². The fourth-order valence-electron chi connectivity index (χ4n) is 1.72. The molecule has 1 N–H and O–H groups in total. The number of hydrogen-bond acceptors (Lipinski definition) is 5. The molecule has 0 spiro atoms. The molecule has 0 saturated heterocycles. The van der Waals surface area contributed by atoms with Gasteiger partial charge in [0.2, 0.25) is 11.7 Å². The van der Waals surface area contributed by atoms with Gasteiger partial charge in [0, 0.05) is 18.2 Å². The van der Waals surface area contributed by atoms with Crippen LogP contribution < -0.4 is 10.1 Å². The van der Waals surface area contributed by atoms with Gasteiger partial charge in [-0.25, -0.2) is 0 Å². The molecule has 18 heavy (non-hydrogen) atoms. The van der Waals surface area contributed by atoms with Crippen molar-refractivity contribution in [3.8, 4) is 5.88 Å². The predicted octanol–water partition coefficient (Wildman–Crippen LogP) is 2.99. The van der Waals surface area contributed by atoms with Gasteiger partial charge in [0.05, 0.1) is 12.0 Å². The van der Waals surface area contributed by atoms with E-state index in [1.165, 1.54) is 19.2 Å². The monoisotopic (exact) mass is 253 g/mol. The number of methoxy groups -OCH3 is 1. The minimum absolute atomic E-state index is 0.0228. The summed E-state index contributed by atoms with van der Waals surface area (Å²) in [6.45, 7) is 4.12. The molecule has 1 unspecified atom stereocenters. The molecule has 1 atom stereocenters. The van der Waals surface area contributed by atoms with Gasteiger partial charge in [-0.05, 0) is 12.8 Å². The maximum absolute atomic E-state index is 10.9. The quantitative estimate of drug-likeness (QED) is 0.597. The zero-order chi connectivity index (χ0) is 13.5. The second-order valence-corrected chi connectivity index (χ2v) is 4.02. The molecule has 0 aromatic carbocycles. The number of nitro groups is 1. The van der Waals surface area contributed by atoms with Crippen molar-refractivity contribution in [2.75, 3.05) is 12.4 Å². The number of nitrogens with one attached hydrogen (secondary N) is 1. The third-order valence-electron chi connectivity index (χ3n) is 2.73. The van der Waals surface area contributed by atoms with Crippen LogP contribution in [0.25, 0.3) is 0 Å². The van der Waals surface area contributed by atoms with Crippen LogP contribution in [0.2, 0.25) is 0 Å². The van der Waals surface area contributed by atoms with Crippen LogP contribution in [0.3, 0.4) is 0 Å². The highest BCUT2D eigenvalue weighted by atomic mass is 16.6. The Morgan fingerprint density at radius 2 is 2.22 bits per heavy atom. The first-order valence-corrected chi connectivity index (χ1v) is 6.08. The van der Waals surface area contributed by atoms with E-state index in [-0.39, 0.29) is 17.5 Å². The van der Waals surface area contributed by atoms with Crippen molar-refractivity contribution in [3.63, 3.8) is 0 Å². The zero-order valence-corrected chi connectivity index (χ0v) is 11.0. The van der Waals surface area contributed by atoms with Crippen LogP contribution in [-0.2, 0) is 0 Å². The van der Waals surface area contributed by atoms with Crippen LogP contribution in [0, 0.1) is 10.1 Å². The molecule has 0 aliphatic rings. The van der Waals surface area contributed by atoms with Crippen LogP contribution in [0.15, 0.2) is 12.1 Å². The van der Waals surface area contributed by atoms with Gasteiger partial charge >= 0.3 is 5.69 Å². The Balaban J connectivity index is 2.99. The number of rotatable bonds is 7. The number of pyridine rings is 1. The maximum Gasteiger partial charge on any atom is 0.311 e. The zero-order valence-electron chi connectivity index (χ0n) is 11.0. The topological polar surface area (TPSA) is 77.3 Å². The van der Waals surface area contributed by atoms with Gasteiger partial charge in [-0.3, -0.25) is 10.1 Å². The fourth-order valence-corrected chi connectivity index (χ4v) is 1.72. The van der Waals surface area contributed by atoms with Gasteiger partial charge in [-0.2, -0.15) is 4.98 Å². The summed E-state index contributed by atoms with van der Waals surface area (Å²) in [7, 11) is 1.49. The number of hydrogen-bond donors (Lipinski definition) is 1. The Morgan fingerprint density at radius 3 is 2.72 bits per heavy atom. The van der Waals surface area contributed by atoms with Crippen molar-refractivity contribution in [3.05, 3.63) is 22.2 Å². The molecule has 1 aromatic heterocycles. The lowest BCUT2D eigenvalue weighted by Crippen LogP contribution is -2.19. The summed E-state index contributed by atoms with van der Waals surface area (Å²) in [5, 5.41) is 14.1. The molecule has 0 bridgehead atoms. The summed E-state index contributed by atoms with van der Waals surface area (Å²) in [5.74, 6) is 0.647. The summed E-state index contributed by atoms with van der Waals surface area (Å²) >= 11 is 0. The van der Waals surface area contributed by atoms with Gasteiger partial charge in [0.1, 0.15) is 0 Å². The third kappa shape index (κ3) is 3.58. The Labute approximate surface area is 107 Å². The van der Waals surface area contributed by atoms with Gasteiger partial charge in [0.15, 0.2) is 0 Å². The Morgan fingerprint density at radius 1 is 1.50 bits per heavy atom. The standard InChI is InChI=1S/C12H19N3O3/c1-4-6-9(5-2)13-12-10(15(16)17)7-8-11(14-12)18-3/h7-9H,4-6H2,1-3H3,(H,13,14). The molecule has 0 aliphatic heterocycles. The first-order chi connectivity index (χ1) is 8.62. The summed E-state index contributed by atoms with van der Waals surface area (Å²) in [6.07, 6.45) is 2.86. The first kappa shape index (κ1) is 14.2. The van der Waals surface area contributed by atoms with Crippen LogP contribution in [0.4, 0.5) is 11.5 Å². The van der Waals surface area contributed by atoms with Crippen LogP contribution in [0.1, 0.15) is 33.1 Å². The van der Waals surface area contributed by atoms with Crippen molar-refractivity contribution in [2.45, 2.75) is 39.2 Å². The highest BCUT2D eigenvalue weighted by Crippen LogP contribution is 2.26. The van der Waals surface area contributed by atoms with E-state index < -0.39 is 4.92 Å². The summed E-state index contributed by atoms with van der Waals surface area (Å²) in [5.41, 5.74) is -0.0228. The fraction of sp³-hybridized carbons (Fsp3) is 0.583. The highest BCUT2D eigenvalue weighted by molar-refractivity contribution is 5.57. The Bertz CT molecular complexity index is 410. The molecule has 0 aliphatic carbocycles. The largest absolute Gasteiger partial charge is 0.481 e. The molecule has 1 heterocycles. The molecule has 0 fully saturated rings. The SMILES string of the molecule is CCCC(CC)Nc1nc(OC)ccc1[N+](=O)[O-]. The second kappa shape index (κ2) is 6.78. The van der Waals surface area contributed by atoms with Gasteiger partial charge < -0.3 is 10.1 Å². The smallest absolute Gasteiger partial charge is 0.311 e. The van der Waals surface area contributed by atoms with E-state index in [4.69, 9.17) is 4.74 Å². The van der Waals surface area contributed by atoms with Crippen molar-refractivity contribution < 1.29 is 9.66 Å². The highest BCUT2D eigenvalue weighted by Gasteiger charge is 2.18. The summed E-state index contributed by atoms with van der Waals surface area (Å²) < 4.78 is 4.99. The van der Waals surface area contributed by atoms with Gasteiger partial charge in [0.25, 0.3) is 0 Å². The number of anilines is 1. The lowest BCUT2D eigenvalue weighted by atomic mass is 10.1. The minimum Gasteiger partial charge on any atom is -0.481 e. The third-order valence-corrected chi connectivity index (χ3v) is 2.73. The average Bonchev–Trinajstić information content (AvgIpc) is 2.37. The molecule has 0 saturated carbocycles. The van der Waals surface area contributed by atoms with Crippen molar-refractivity contribution in [1.29, 1.82) is 0 Å². The Kier molecular flexibility index (Phi) is 5.35. The first-order valence-electron chi connectivity index (χ1n) is 6.08. The number of nitrogens with zero attached hydrogens (tertiary/aromatic N) is 2. The molecule has 0 amide bonds. The van der Waals surface area contributed by atoms with E-state index in [2.05, 4.69) is 17.2 Å². The van der Waals surface area contributed by atoms with Crippen LogP contribution in [-0.4, -0.2) is 23.1 Å². The molecule has 0 radical (unpaired) electrons. The molecule has 100 valence electrons. The van der Waals surface area contributed by atoms with Crippen LogP contribution >= 0.6 is 0 Å². The van der Waals surface area contributed by atoms with Gasteiger partial charge in [-0.15, -0.1) is 0 Å². The van der Waals surface area contributed by atoms with E-state index in [1.54, 1.807) is 0 Å². The van der Waals surface area contributed by atoms with E-state index in [0.29, 0.717) is 5.88 Å². The Hall–Kier alpha value is -1.85. The molecule has 1 rings (SSSR count). The molecular weight excluding hydrogens is 234 g/mol. The minimum atomic E-state index is -0.437. The molecular formula is C12H19N3O3. The van der Waals surface area contributed by atoms with Crippen molar-refractivity contribution in [1.82, 2.24) is 4.98 Å². The number of ether oxygens (including phenoxy) is 1. The molecule has 6 nitrogen and oxygen atoms in total. The maximum atomic E-state index is 10.9. The van der Waals surface area contributed by atoms with E-state index in [1.807, 2.05) is 6.92 Å². The second-order valence-electron chi connectivity index (χ2n) is 4.02. The molecule has 6 heteroatoms. The molecule has 1 aromatic rings. The van der Waals surface area contributed by atoms with Crippen LogP contribution in [0.5, 0.6) is 5.88 Å². The van der Waals surface area contributed by atoms with E-state index in [0.717, 1.165) is 19.3 Å². The summed E-state index contributed by atoms with van der Waals surface area (Å²) in [6, 6.07) is 3.09. The van der Waals surface area contributed by atoms with Crippen molar-refractivity contribution >= 4 is 11.5 Å². The van der Waals surface area contributed by atoms with E-state index >= 15 is 0 Å². The summed E-state index contributed by atoms with van der Waals surface area (Å²) in [4.78, 5) is 14.6.